The molecule has 0 saturated heterocycles. The fraction of sp³-hybridized carbons (Fsp3) is 0.833. The maximum atomic E-state index is 12.4. The van der Waals surface area contributed by atoms with Gasteiger partial charge in [0, 0.05) is 0 Å². The number of aliphatic hydroxyl groups excluding tert-OH is 1. The molecular weight excluding hydrogens is 252 g/mol. The van der Waals surface area contributed by atoms with Gasteiger partial charge in [-0.25, -0.2) is 8.78 Å². The first-order chi connectivity index (χ1) is 8.40. The summed E-state index contributed by atoms with van der Waals surface area (Å²) in [5.41, 5.74) is 0. The highest BCUT2D eigenvalue weighted by molar-refractivity contribution is 4.68. The fourth-order valence-corrected chi connectivity index (χ4v) is 1.32. The molecule has 0 aliphatic carbocycles. The topological polar surface area (TPSA) is 29.5 Å². The van der Waals surface area contributed by atoms with Gasteiger partial charge in [0.25, 0.3) is 0 Å². The summed E-state index contributed by atoms with van der Waals surface area (Å²) in [6, 6.07) is 0. The molecule has 0 saturated carbocycles. The number of halogens is 4. The second kappa shape index (κ2) is 9.33. The van der Waals surface area contributed by atoms with Gasteiger partial charge in [0.15, 0.2) is 0 Å². The van der Waals surface area contributed by atoms with Crippen molar-refractivity contribution in [3.05, 3.63) is 12.7 Å². The van der Waals surface area contributed by atoms with E-state index in [4.69, 9.17) is 0 Å². The number of hydrogen-bond acceptors (Lipinski definition) is 2. The smallest absolute Gasteiger partial charge is 0.330 e. The zero-order valence-corrected chi connectivity index (χ0v) is 10.3. The number of allylic oxidation sites excluding steroid dienone is 1. The molecule has 18 heavy (non-hydrogen) atoms. The van der Waals surface area contributed by atoms with Crippen molar-refractivity contribution in [2.45, 2.75) is 50.6 Å². The Hall–Kier alpha value is -0.620. The minimum atomic E-state index is -4.15. The number of hydrogen-bond donors (Lipinski definition) is 1. The largest absolute Gasteiger partial charge is 0.391 e. The van der Waals surface area contributed by atoms with Crippen LogP contribution in [0.2, 0.25) is 0 Å². The van der Waals surface area contributed by atoms with Crippen LogP contribution in [-0.4, -0.2) is 36.8 Å². The number of rotatable bonds is 11. The van der Waals surface area contributed by atoms with Gasteiger partial charge >= 0.3 is 12.3 Å². The highest BCUT2D eigenvalue weighted by atomic mass is 19.3. The molecule has 0 bridgehead atoms. The van der Waals surface area contributed by atoms with E-state index in [9.17, 15) is 22.7 Å². The van der Waals surface area contributed by atoms with E-state index in [1.54, 1.807) is 6.08 Å². The van der Waals surface area contributed by atoms with Gasteiger partial charge < -0.3 is 9.84 Å². The minimum Gasteiger partial charge on any atom is -0.391 e. The number of alkyl halides is 4. The zero-order chi connectivity index (χ0) is 14.0. The molecule has 2 nitrogen and oxygen atoms in total. The summed E-state index contributed by atoms with van der Waals surface area (Å²) >= 11 is 0. The average molecular weight is 272 g/mol. The lowest BCUT2D eigenvalue weighted by molar-refractivity contribution is -0.170. The first kappa shape index (κ1) is 17.4. The van der Waals surface area contributed by atoms with Crippen molar-refractivity contribution in [3.8, 4) is 0 Å². The molecule has 1 N–H and O–H groups in total. The zero-order valence-electron chi connectivity index (χ0n) is 10.3. The first-order valence-electron chi connectivity index (χ1n) is 5.93. The average Bonchev–Trinajstić information content (AvgIpc) is 2.28. The van der Waals surface area contributed by atoms with E-state index in [2.05, 4.69) is 11.3 Å². The Labute approximate surface area is 105 Å². The molecule has 108 valence electrons. The van der Waals surface area contributed by atoms with Crippen molar-refractivity contribution in [2.75, 3.05) is 13.2 Å². The highest BCUT2D eigenvalue weighted by Crippen LogP contribution is 2.22. The molecule has 6 heteroatoms. The molecule has 0 spiro atoms. The summed E-state index contributed by atoms with van der Waals surface area (Å²) in [4.78, 5) is 0. The van der Waals surface area contributed by atoms with Crippen LogP contribution < -0.4 is 0 Å². The van der Waals surface area contributed by atoms with E-state index in [0.29, 0.717) is 6.42 Å². The van der Waals surface area contributed by atoms with Crippen LogP contribution in [0.4, 0.5) is 17.6 Å². The summed E-state index contributed by atoms with van der Waals surface area (Å²) < 4.78 is 52.8. The maximum absolute atomic E-state index is 12.4. The summed E-state index contributed by atoms with van der Waals surface area (Å²) in [6.07, 6.45) is 1.08. The predicted octanol–water partition coefficient (Wildman–Crippen LogP) is 3.40. The van der Waals surface area contributed by atoms with E-state index in [1.807, 2.05) is 0 Å². The van der Waals surface area contributed by atoms with Gasteiger partial charge in [0.1, 0.15) is 6.61 Å². The first-order valence-corrected chi connectivity index (χ1v) is 5.93. The van der Waals surface area contributed by atoms with Gasteiger partial charge in [-0.1, -0.05) is 18.9 Å². The van der Waals surface area contributed by atoms with Crippen molar-refractivity contribution >= 4 is 0 Å². The quantitative estimate of drug-likeness (QED) is 0.355. The van der Waals surface area contributed by atoms with Gasteiger partial charge in [-0.3, -0.25) is 0 Å². The molecule has 0 radical (unpaired) electrons. The monoisotopic (exact) mass is 272 g/mol. The van der Waals surface area contributed by atoms with E-state index in [-0.39, 0.29) is 6.61 Å². The predicted molar refractivity (Wildman–Crippen MR) is 61.1 cm³/mol. The van der Waals surface area contributed by atoms with Crippen LogP contribution in [0, 0.1) is 0 Å². The van der Waals surface area contributed by atoms with Crippen LogP contribution in [0.25, 0.3) is 0 Å². The summed E-state index contributed by atoms with van der Waals surface area (Å²) in [7, 11) is 0. The molecule has 0 aromatic rings. The Balaban J connectivity index is 3.53. The van der Waals surface area contributed by atoms with Crippen LogP contribution in [0.1, 0.15) is 32.1 Å². The lowest BCUT2D eigenvalue weighted by Gasteiger charge is -2.17. The van der Waals surface area contributed by atoms with Crippen LogP contribution >= 0.6 is 0 Å². The maximum Gasteiger partial charge on any atom is 0.330 e. The molecule has 0 rings (SSSR count). The van der Waals surface area contributed by atoms with E-state index in [1.165, 1.54) is 0 Å². The van der Waals surface area contributed by atoms with Crippen LogP contribution in [0.5, 0.6) is 0 Å². The molecule has 0 aliphatic rings. The summed E-state index contributed by atoms with van der Waals surface area (Å²) in [5.74, 6) is -4.15. The van der Waals surface area contributed by atoms with Crippen molar-refractivity contribution in [1.29, 1.82) is 0 Å². The van der Waals surface area contributed by atoms with Gasteiger partial charge in [0.2, 0.25) is 0 Å². The van der Waals surface area contributed by atoms with Crippen LogP contribution in [0.15, 0.2) is 12.7 Å². The van der Waals surface area contributed by atoms with Gasteiger partial charge in [-0.2, -0.15) is 8.78 Å². The second-order valence-corrected chi connectivity index (χ2v) is 4.16. The SMILES string of the molecule is C=CCCCCCC(O)COCC(F)(F)C(F)F. The van der Waals surface area contributed by atoms with Crippen LogP contribution in [0.3, 0.4) is 0 Å². The van der Waals surface area contributed by atoms with Crippen molar-refractivity contribution in [3.63, 3.8) is 0 Å². The van der Waals surface area contributed by atoms with E-state index < -0.39 is 25.1 Å². The molecule has 0 aliphatic heterocycles. The van der Waals surface area contributed by atoms with Gasteiger partial charge in [-0.15, -0.1) is 6.58 Å². The van der Waals surface area contributed by atoms with Gasteiger partial charge in [-0.05, 0) is 19.3 Å². The normalized spacial score (nSPS) is 13.9. The third-order valence-corrected chi connectivity index (χ3v) is 2.37. The number of aliphatic hydroxyl groups is 1. The van der Waals surface area contributed by atoms with Crippen LogP contribution in [-0.2, 0) is 4.74 Å². The summed E-state index contributed by atoms with van der Waals surface area (Å²) in [6.45, 7) is 1.86. The molecule has 0 amide bonds. The van der Waals surface area contributed by atoms with Crippen molar-refractivity contribution in [2.24, 2.45) is 0 Å². The third-order valence-electron chi connectivity index (χ3n) is 2.37. The standard InChI is InChI=1S/C12H20F4O2/c1-2-3-4-5-6-7-10(17)8-18-9-12(15,16)11(13)14/h2,10-11,17H,1,3-9H2. The van der Waals surface area contributed by atoms with Gasteiger partial charge in [0.05, 0.1) is 12.7 Å². The number of unbranched alkanes of at least 4 members (excludes halogenated alkanes) is 3. The highest BCUT2D eigenvalue weighted by Gasteiger charge is 2.41. The Bertz CT molecular complexity index is 222. The Morgan fingerprint density at radius 1 is 1.22 bits per heavy atom. The lowest BCUT2D eigenvalue weighted by atomic mass is 10.1. The molecule has 0 fully saturated rings. The van der Waals surface area contributed by atoms with E-state index >= 15 is 0 Å². The Kier molecular flexibility index (Phi) is 9.01. The second-order valence-electron chi connectivity index (χ2n) is 4.16. The lowest BCUT2D eigenvalue weighted by Crippen LogP contribution is -2.33. The Morgan fingerprint density at radius 2 is 1.89 bits per heavy atom. The molecule has 0 aromatic heterocycles. The summed E-state index contributed by atoms with van der Waals surface area (Å²) in [5, 5.41) is 9.36. The molecule has 0 aromatic carbocycles. The van der Waals surface area contributed by atoms with Crippen molar-refractivity contribution < 1.29 is 27.4 Å². The fourth-order valence-electron chi connectivity index (χ4n) is 1.32. The minimum absolute atomic E-state index is 0.343. The third kappa shape index (κ3) is 8.47. The van der Waals surface area contributed by atoms with Crippen molar-refractivity contribution in [1.82, 2.24) is 0 Å². The van der Waals surface area contributed by atoms with E-state index in [0.717, 1.165) is 25.7 Å². The molecule has 1 unspecified atom stereocenters. The Morgan fingerprint density at radius 3 is 2.44 bits per heavy atom. The number of ether oxygens (including phenoxy) is 1. The molecule has 1 atom stereocenters. The molecule has 0 heterocycles. The molecular formula is C12H20F4O2.